The molecule has 0 unspecified atom stereocenters. The van der Waals surface area contributed by atoms with Gasteiger partial charge in [-0.3, -0.25) is 14.4 Å². The van der Waals surface area contributed by atoms with Gasteiger partial charge < -0.3 is 24.8 Å². The fourth-order valence-electron chi connectivity index (χ4n) is 6.10. The van der Waals surface area contributed by atoms with E-state index in [0.29, 0.717) is 44.0 Å². The third-order valence-corrected chi connectivity index (χ3v) is 8.13. The lowest BCUT2D eigenvalue weighted by atomic mass is 9.83. The monoisotopic (exact) mass is 504 g/mol. The SMILES string of the molecule is COc1cccc(NC(=O)CN2CN(c3ccccc3)C3(CCN(C(=O)C4CCCCC4)CC3)C2=O)c1. The van der Waals surface area contributed by atoms with Crippen LogP contribution in [0.5, 0.6) is 5.75 Å². The van der Waals surface area contributed by atoms with Crippen LogP contribution < -0.4 is 15.0 Å². The number of hydrogen-bond acceptors (Lipinski definition) is 5. The second kappa shape index (κ2) is 10.8. The molecule has 2 aromatic rings. The van der Waals surface area contributed by atoms with E-state index in [-0.39, 0.29) is 30.2 Å². The van der Waals surface area contributed by atoms with Gasteiger partial charge in [-0.2, -0.15) is 0 Å². The maximum absolute atomic E-state index is 13.9. The topological polar surface area (TPSA) is 82.2 Å². The van der Waals surface area contributed by atoms with E-state index >= 15 is 0 Å². The Balaban J connectivity index is 1.30. The highest BCUT2D eigenvalue weighted by Gasteiger charge is 2.54. The van der Waals surface area contributed by atoms with Crippen molar-refractivity contribution >= 4 is 29.1 Å². The summed E-state index contributed by atoms with van der Waals surface area (Å²) in [5, 5.41) is 2.88. The van der Waals surface area contributed by atoms with Crippen LogP contribution >= 0.6 is 0 Å². The van der Waals surface area contributed by atoms with Gasteiger partial charge in [-0.25, -0.2) is 0 Å². The Hall–Kier alpha value is -3.55. The molecule has 3 fully saturated rings. The molecule has 1 spiro atoms. The molecular formula is C29H36N4O4. The number of amides is 3. The predicted molar refractivity (Wildman–Crippen MR) is 142 cm³/mol. The van der Waals surface area contributed by atoms with Gasteiger partial charge in [-0.15, -0.1) is 0 Å². The molecule has 196 valence electrons. The van der Waals surface area contributed by atoms with Crippen LogP contribution in [0.2, 0.25) is 0 Å². The number of ether oxygens (including phenoxy) is 1. The molecule has 2 aromatic carbocycles. The molecule has 0 atom stereocenters. The summed E-state index contributed by atoms with van der Waals surface area (Å²) < 4.78 is 5.24. The van der Waals surface area contributed by atoms with Gasteiger partial charge in [0.05, 0.1) is 13.8 Å². The van der Waals surface area contributed by atoms with Crippen molar-refractivity contribution in [3.8, 4) is 5.75 Å². The lowest BCUT2D eigenvalue weighted by molar-refractivity contribution is -0.142. The summed E-state index contributed by atoms with van der Waals surface area (Å²) in [4.78, 5) is 45.8. The maximum atomic E-state index is 13.9. The number of benzene rings is 2. The number of anilines is 2. The smallest absolute Gasteiger partial charge is 0.250 e. The van der Waals surface area contributed by atoms with Crippen molar-refractivity contribution in [3.05, 3.63) is 54.6 Å². The zero-order valence-electron chi connectivity index (χ0n) is 21.5. The van der Waals surface area contributed by atoms with Crippen LogP contribution in [-0.4, -0.2) is 66.5 Å². The largest absolute Gasteiger partial charge is 0.497 e. The van der Waals surface area contributed by atoms with Crippen molar-refractivity contribution in [2.75, 3.05) is 43.6 Å². The summed E-state index contributed by atoms with van der Waals surface area (Å²) in [6.45, 7) is 1.43. The number of hydrogen-bond donors (Lipinski definition) is 1. The molecule has 0 radical (unpaired) electrons. The molecule has 2 heterocycles. The third kappa shape index (κ3) is 5.15. The Morgan fingerprint density at radius 3 is 2.43 bits per heavy atom. The molecule has 0 aromatic heterocycles. The van der Waals surface area contributed by atoms with E-state index in [1.54, 1.807) is 24.1 Å². The minimum atomic E-state index is -0.749. The molecule has 8 nitrogen and oxygen atoms in total. The first kappa shape index (κ1) is 25.1. The summed E-state index contributed by atoms with van der Waals surface area (Å²) in [5.74, 6) is 0.738. The Morgan fingerprint density at radius 2 is 1.73 bits per heavy atom. The Bertz CT molecular complexity index is 1120. The normalized spacial score (nSPS) is 19.8. The Kier molecular flexibility index (Phi) is 7.35. The van der Waals surface area contributed by atoms with Crippen molar-refractivity contribution in [3.63, 3.8) is 0 Å². The quantitative estimate of drug-likeness (QED) is 0.646. The van der Waals surface area contributed by atoms with Gasteiger partial charge in [0, 0.05) is 36.4 Å². The molecule has 37 heavy (non-hydrogen) atoms. The van der Waals surface area contributed by atoms with Crippen molar-refractivity contribution in [1.29, 1.82) is 0 Å². The molecule has 8 heteroatoms. The number of rotatable bonds is 6. The third-order valence-electron chi connectivity index (χ3n) is 8.13. The van der Waals surface area contributed by atoms with Crippen LogP contribution in [0.4, 0.5) is 11.4 Å². The molecule has 0 bridgehead atoms. The molecule has 1 aliphatic carbocycles. The molecular weight excluding hydrogens is 468 g/mol. The van der Waals surface area contributed by atoms with Gasteiger partial charge in [0.2, 0.25) is 11.8 Å². The van der Waals surface area contributed by atoms with Gasteiger partial charge in [-0.05, 0) is 49.9 Å². The molecule has 3 amide bonds. The summed E-state index contributed by atoms with van der Waals surface area (Å²) in [7, 11) is 1.58. The number of carbonyl (C=O) groups excluding carboxylic acids is 3. The second-order valence-corrected chi connectivity index (χ2v) is 10.4. The van der Waals surface area contributed by atoms with E-state index in [0.717, 1.165) is 31.4 Å². The lowest BCUT2D eigenvalue weighted by Gasteiger charge is -2.44. The number of methoxy groups -OCH3 is 1. The van der Waals surface area contributed by atoms with Crippen molar-refractivity contribution < 1.29 is 19.1 Å². The zero-order valence-corrected chi connectivity index (χ0v) is 21.5. The summed E-state index contributed by atoms with van der Waals surface area (Å²) in [6.07, 6.45) is 6.55. The van der Waals surface area contributed by atoms with Gasteiger partial charge in [0.1, 0.15) is 17.8 Å². The fraction of sp³-hybridized carbons (Fsp3) is 0.483. The molecule has 2 aliphatic heterocycles. The molecule has 3 aliphatic rings. The van der Waals surface area contributed by atoms with E-state index in [9.17, 15) is 14.4 Å². The zero-order chi connectivity index (χ0) is 25.8. The van der Waals surface area contributed by atoms with Crippen LogP contribution in [0, 0.1) is 5.92 Å². The number of piperidine rings is 1. The highest BCUT2D eigenvalue weighted by molar-refractivity contribution is 5.99. The lowest BCUT2D eigenvalue weighted by Crippen LogP contribution is -2.58. The van der Waals surface area contributed by atoms with Crippen LogP contribution in [0.3, 0.4) is 0 Å². The Morgan fingerprint density at radius 1 is 1.00 bits per heavy atom. The average Bonchev–Trinajstić information content (AvgIpc) is 3.20. The standard InChI is InChI=1S/C29H36N4O4/c1-37-25-14-8-11-23(19-25)30-26(34)20-32-21-33(24-12-6-3-7-13-24)29(28(32)36)15-17-31(18-16-29)27(35)22-9-4-2-5-10-22/h3,6-8,11-14,19,22H,2,4-5,9-10,15-18,20-21H2,1H3,(H,30,34). The molecule has 2 saturated heterocycles. The minimum absolute atomic E-state index is 0.0359. The summed E-state index contributed by atoms with van der Waals surface area (Å²) in [5.41, 5.74) is 0.833. The summed E-state index contributed by atoms with van der Waals surface area (Å²) in [6, 6.07) is 17.1. The average molecular weight is 505 g/mol. The summed E-state index contributed by atoms with van der Waals surface area (Å²) >= 11 is 0. The van der Waals surface area contributed by atoms with Crippen molar-refractivity contribution in [2.24, 2.45) is 5.92 Å². The van der Waals surface area contributed by atoms with Crippen LogP contribution in [0.1, 0.15) is 44.9 Å². The first-order valence-electron chi connectivity index (χ1n) is 13.3. The number of carbonyl (C=O) groups is 3. The van der Waals surface area contributed by atoms with Gasteiger partial charge in [-0.1, -0.05) is 43.5 Å². The maximum Gasteiger partial charge on any atom is 0.250 e. The van der Waals surface area contributed by atoms with Crippen molar-refractivity contribution in [1.82, 2.24) is 9.80 Å². The van der Waals surface area contributed by atoms with E-state index < -0.39 is 5.54 Å². The minimum Gasteiger partial charge on any atom is -0.497 e. The number of likely N-dealkylation sites (tertiary alicyclic amines) is 1. The molecule has 1 N–H and O–H groups in total. The van der Waals surface area contributed by atoms with Gasteiger partial charge in [0.25, 0.3) is 5.91 Å². The second-order valence-electron chi connectivity index (χ2n) is 10.4. The highest BCUT2D eigenvalue weighted by Crippen LogP contribution is 2.40. The first-order chi connectivity index (χ1) is 18.0. The Labute approximate surface area is 218 Å². The number of nitrogens with zero attached hydrogens (tertiary/aromatic N) is 3. The van der Waals surface area contributed by atoms with Gasteiger partial charge >= 0.3 is 0 Å². The van der Waals surface area contributed by atoms with Crippen LogP contribution in [0.15, 0.2) is 54.6 Å². The first-order valence-corrected chi connectivity index (χ1v) is 13.3. The molecule has 5 rings (SSSR count). The van der Waals surface area contributed by atoms with Crippen molar-refractivity contribution in [2.45, 2.75) is 50.5 Å². The van der Waals surface area contributed by atoms with E-state index in [2.05, 4.69) is 10.2 Å². The van der Waals surface area contributed by atoms with Gasteiger partial charge in [0.15, 0.2) is 0 Å². The number of nitrogens with one attached hydrogen (secondary N) is 1. The van der Waals surface area contributed by atoms with Crippen LogP contribution in [0.25, 0.3) is 0 Å². The van der Waals surface area contributed by atoms with E-state index in [1.165, 1.54) is 6.42 Å². The predicted octanol–water partition coefficient (Wildman–Crippen LogP) is 3.88. The highest BCUT2D eigenvalue weighted by atomic mass is 16.5. The van der Waals surface area contributed by atoms with E-state index in [1.807, 2.05) is 47.4 Å². The van der Waals surface area contributed by atoms with Crippen LogP contribution in [-0.2, 0) is 14.4 Å². The number of para-hydroxylation sites is 1. The molecule has 1 saturated carbocycles. The van der Waals surface area contributed by atoms with E-state index in [4.69, 9.17) is 4.74 Å². The fourth-order valence-corrected chi connectivity index (χ4v) is 6.10.